The van der Waals surface area contributed by atoms with Gasteiger partial charge in [0.15, 0.2) is 6.29 Å². The molecule has 5 N–H and O–H groups in total. The van der Waals surface area contributed by atoms with Gasteiger partial charge in [-0.05, 0) is 53.4 Å². The Morgan fingerprint density at radius 2 is 1.97 bits per heavy atom. The van der Waals surface area contributed by atoms with E-state index in [9.17, 15) is 20.4 Å². The molecule has 1 aliphatic heterocycles. The molecule has 168 valence electrons. The highest BCUT2D eigenvalue weighted by atomic mass is 17.1. The molecule has 1 aliphatic carbocycles. The average molecular weight is 417 g/mol. The second-order valence-electron chi connectivity index (χ2n) is 8.92. The molecular formula is C21H36O8. The van der Waals surface area contributed by atoms with Gasteiger partial charge in [0.05, 0.1) is 17.8 Å². The molecule has 0 aromatic heterocycles. The van der Waals surface area contributed by atoms with Gasteiger partial charge >= 0.3 is 0 Å². The van der Waals surface area contributed by atoms with Gasteiger partial charge in [-0.25, -0.2) is 4.89 Å². The van der Waals surface area contributed by atoms with E-state index >= 15 is 0 Å². The number of ether oxygens (including phenoxy) is 2. The fourth-order valence-electron chi connectivity index (χ4n) is 3.90. The van der Waals surface area contributed by atoms with Crippen LogP contribution in [0.3, 0.4) is 0 Å². The molecule has 0 amide bonds. The Morgan fingerprint density at radius 3 is 2.48 bits per heavy atom. The van der Waals surface area contributed by atoms with Crippen LogP contribution in [0.2, 0.25) is 0 Å². The molecule has 0 saturated carbocycles. The van der Waals surface area contributed by atoms with Gasteiger partial charge < -0.3 is 29.9 Å². The van der Waals surface area contributed by atoms with Crippen LogP contribution in [0.4, 0.5) is 0 Å². The normalized spacial score (nSPS) is 41.0. The first-order valence-corrected chi connectivity index (χ1v) is 10.2. The van der Waals surface area contributed by atoms with Crippen molar-refractivity contribution in [3.05, 3.63) is 24.3 Å². The summed E-state index contributed by atoms with van der Waals surface area (Å²) in [6.45, 7) is 10.8. The Labute approximate surface area is 172 Å². The lowest BCUT2D eigenvalue weighted by atomic mass is 9.75. The second-order valence-corrected chi connectivity index (χ2v) is 8.92. The maximum Gasteiger partial charge on any atom is 0.187 e. The SMILES string of the molecule is C=C(C)[C@H](O)CC[C@](C)(O[C@@H]1O[C@H](C)[C@H](O)[C@H](O)[C@H]1O)[C@@H]1C=C[C@@](C)(OO)CC1. The van der Waals surface area contributed by atoms with E-state index in [2.05, 4.69) is 11.5 Å². The molecule has 0 bridgehead atoms. The molecule has 0 unspecified atom stereocenters. The Hall–Kier alpha value is -0.840. The molecular weight excluding hydrogens is 380 g/mol. The van der Waals surface area contributed by atoms with Crippen molar-refractivity contribution in [1.29, 1.82) is 0 Å². The zero-order valence-corrected chi connectivity index (χ0v) is 17.7. The third-order valence-corrected chi connectivity index (χ3v) is 6.30. The molecule has 29 heavy (non-hydrogen) atoms. The van der Waals surface area contributed by atoms with Crippen LogP contribution in [-0.4, -0.2) is 73.7 Å². The standard InChI is InChI=1S/C21H36O8/c1-12(2)15(22)8-11-21(5,14-6-9-20(4,29-26)10-7-14)28-19-18(25)17(24)16(23)13(3)27-19/h6,9,13-19,22-26H,1,7-8,10-11H2,2-5H3/t13-,14-,15-,16+,17+,18-,19+,20-,21+/m1/s1. The first-order valence-electron chi connectivity index (χ1n) is 10.2. The van der Waals surface area contributed by atoms with Gasteiger partial charge in [0.2, 0.25) is 0 Å². The second kappa shape index (κ2) is 9.53. The highest BCUT2D eigenvalue weighted by Crippen LogP contribution is 2.40. The molecule has 0 aromatic carbocycles. The highest BCUT2D eigenvalue weighted by molar-refractivity contribution is 5.11. The van der Waals surface area contributed by atoms with E-state index < -0.39 is 48.0 Å². The fourth-order valence-corrected chi connectivity index (χ4v) is 3.90. The Bertz CT molecular complexity index is 595. The van der Waals surface area contributed by atoms with Gasteiger partial charge in [0.1, 0.15) is 23.9 Å². The summed E-state index contributed by atoms with van der Waals surface area (Å²) in [7, 11) is 0. The molecule has 1 fully saturated rings. The lowest BCUT2D eigenvalue weighted by Crippen LogP contribution is -2.59. The van der Waals surface area contributed by atoms with Gasteiger partial charge in [-0.1, -0.05) is 24.3 Å². The van der Waals surface area contributed by atoms with E-state index in [1.165, 1.54) is 0 Å². The third-order valence-electron chi connectivity index (χ3n) is 6.30. The molecule has 9 atom stereocenters. The summed E-state index contributed by atoms with van der Waals surface area (Å²) in [6.07, 6.45) is -0.850. The smallest absolute Gasteiger partial charge is 0.187 e. The predicted molar refractivity (Wildman–Crippen MR) is 106 cm³/mol. The molecule has 2 rings (SSSR count). The largest absolute Gasteiger partial charge is 0.389 e. The maximum atomic E-state index is 10.4. The summed E-state index contributed by atoms with van der Waals surface area (Å²) >= 11 is 0. The zero-order valence-electron chi connectivity index (χ0n) is 17.7. The van der Waals surface area contributed by atoms with Crippen LogP contribution in [0.1, 0.15) is 53.4 Å². The fraction of sp³-hybridized carbons (Fsp3) is 0.810. The molecule has 2 aliphatic rings. The van der Waals surface area contributed by atoms with Gasteiger partial charge in [0, 0.05) is 5.92 Å². The van der Waals surface area contributed by atoms with Crippen molar-refractivity contribution in [3.8, 4) is 0 Å². The van der Waals surface area contributed by atoms with Crippen molar-refractivity contribution >= 4 is 0 Å². The summed E-state index contributed by atoms with van der Waals surface area (Å²) < 4.78 is 11.8. The van der Waals surface area contributed by atoms with Crippen LogP contribution in [0.25, 0.3) is 0 Å². The zero-order chi connectivity index (χ0) is 22.0. The minimum atomic E-state index is -1.41. The predicted octanol–water partition coefficient (Wildman–Crippen LogP) is 1.52. The number of hydrogen-bond acceptors (Lipinski definition) is 8. The molecule has 0 spiro atoms. The van der Waals surface area contributed by atoms with Gasteiger partial charge in [-0.3, -0.25) is 5.26 Å². The lowest BCUT2D eigenvalue weighted by molar-refractivity contribution is -0.327. The summed E-state index contributed by atoms with van der Waals surface area (Å²) in [5.41, 5.74) is -0.976. The Kier molecular flexibility index (Phi) is 8.03. The van der Waals surface area contributed by atoms with Crippen LogP contribution in [0.5, 0.6) is 0 Å². The van der Waals surface area contributed by atoms with Crippen LogP contribution in [0.15, 0.2) is 24.3 Å². The van der Waals surface area contributed by atoms with Crippen molar-refractivity contribution in [2.24, 2.45) is 5.92 Å². The van der Waals surface area contributed by atoms with Crippen LogP contribution in [-0.2, 0) is 14.4 Å². The van der Waals surface area contributed by atoms with Crippen molar-refractivity contribution < 1.29 is 40.0 Å². The lowest BCUT2D eigenvalue weighted by Gasteiger charge is -2.46. The first-order chi connectivity index (χ1) is 13.4. The minimum Gasteiger partial charge on any atom is -0.389 e. The maximum absolute atomic E-state index is 10.4. The van der Waals surface area contributed by atoms with Crippen molar-refractivity contribution in [2.45, 2.75) is 101 Å². The van der Waals surface area contributed by atoms with Crippen molar-refractivity contribution in [3.63, 3.8) is 0 Å². The summed E-state index contributed by atoms with van der Waals surface area (Å²) in [5, 5.41) is 49.7. The van der Waals surface area contributed by atoms with Crippen LogP contribution < -0.4 is 0 Å². The summed E-state index contributed by atoms with van der Waals surface area (Å²) in [4.78, 5) is 4.57. The monoisotopic (exact) mass is 416 g/mol. The van der Waals surface area contributed by atoms with E-state index in [1.807, 2.05) is 13.0 Å². The van der Waals surface area contributed by atoms with Gasteiger partial charge in [-0.2, -0.15) is 0 Å². The summed E-state index contributed by atoms with van der Waals surface area (Å²) in [6, 6.07) is 0. The first kappa shape index (κ1) is 24.4. The number of hydrogen-bond donors (Lipinski definition) is 5. The molecule has 8 heteroatoms. The van der Waals surface area contributed by atoms with E-state index in [0.29, 0.717) is 31.3 Å². The van der Waals surface area contributed by atoms with E-state index in [1.54, 1.807) is 26.8 Å². The molecule has 8 nitrogen and oxygen atoms in total. The Morgan fingerprint density at radius 1 is 1.31 bits per heavy atom. The molecule has 0 radical (unpaired) electrons. The van der Waals surface area contributed by atoms with E-state index in [0.717, 1.165) is 0 Å². The average Bonchev–Trinajstić information content (AvgIpc) is 2.69. The Balaban J connectivity index is 2.22. The summed E-state index contributed by atoms with van der Waals surface area (Å²) in [5.74, 6) is -0.113. The molecule has 1 heterocycles. The van der Waals surface area contributed by atoms with Gasteiger partial charge in [0.25, 0.3) is 0 Å². The number of rotatable bonds is 8. The van der Waals surface area contributed by atoms with Crippen LogP contribution in [0, 0.1) is 5.92 Å². The third kappa shape index (κ3) is 5.65. The quantitative estimate of drug-likeness (QED) is 0.229. The van der Waals surface area contributed by atoms with Crippen molar-refractivity contribution in [1.82, 2.24) is 0 Å². The number of aliphatic hydroxyl groups excluding tert-OH is 4. The van der Waals surface area contributed by atoms with Crippen LogP contribution >= 0.6 is 0 Å². The highest BCUT2D eigenvalue weighted by Gasteiger charge is 2.47. The van der Waals surface area contributed by atoms with E-state index in [4.69, 9.17) is 14.7 Å². The molecule has 1 saturated heterocycles. The van der Waals surface area contributed by atoms with Crippen molar-refractivity contribution in [2.75, 3.05) is 0 Å². The van der Waals surface area contributed by atoms with E-state index in [-0.39, 0.29) is 5.92 Å². The minimum absolute atomic E-state index is 0.113. The van der Waals surface area contributed by atoms with Gasteiger partial charge in [-0.15, -0.1) is 0 Å². The number of aliphatic hydroxyl groups is 4. The molecule has 0 aromatic rings. The topological polar surface area (TPSA) is 129 Å².